The van der Waals surface area contributed by atoms with Gasteiger partial charge in [0, 0.05) is 26.7 Å². The summed E-state index contributed by atoms with van der Waals surface area (Å²) >= 11 is 0. The molecule has 0 aromatic carbocycles. The van der Waals surface area contributed by atoms with Gasteiger partial charge in [-0.15, -0.1) is 0 Å². The number of likely N-dealkylation sites (tertiary alicyclic amines) is 1. The number of hydrogen-bond acceptors (Lipinski definition) is 3. The summed E-state index contributed by atoms with van der Waals surface area (Å²) in [7, 11) is 1.67. The second kappa shape index (κ2) is 6.57. The summed E-state index contributed by atoms with van der Waals surface area (Å²) in [6.45, 7) is 5.76. The van der Waals surface area contributed by atoms with Crippen LogP contribution < -0.4 is 5.32 Å². The summed E-state index contributed by atoms with van der Waals surface area (Å²) in [6, 6.07) is 0.0611. The number of nitrogens with one attached hydrogen (secondary N) is 1. The maximum absolute atomic E-state index is 12.0. The predicted octanol–water partition coefficient (Wildman–Crippen LogP) is 1.62. The Morgan fingerprint density at radius 2 is 2.21 bits per heavy atom. The maximum atomic E-state index is 12.0. The molecule has 0 radical (unpaired) electrons. The summed E-state index contributed by atoms with van der Waals surface area (Å²) in [4.78, 5) is 13.9. The number of hydrogen-bond donors (Lipinski definition) is 1. The third-order valence-corrected chi connectivity index (χ3v) is 4.30. The van der Waals surface area contributed by atoms with Crippen LogP contribution in [0.4, 0.5) is 4.79 Å². The van der Waals surface area contributed by atoms with E-state index in [2.05, 4.69) is 12.2 Å². The van der Waals surface area contributed by atoms with Crippen molar-refractivity contribution in [2.45, 2.75) is 38.7 Å². The SMILES string of the molecule is COCCO[C@@H]1CCN(C(=O)NCC2(C)CCC2)C1. The summed E-state index contributed by atoms with van der Waals surface area (Å²) in [5, 5.41) is 3.06. The number of urea groups is 1. The first-order valence-electron chi connectivity index (χ1n) is 7.26. The van der Waals surface area contributed by atoms with Crippen LogP contribution in [0.5, 0.6) is 0 Å². The molecule has 2 fully saturated rings. The van der Waals surface area contributed by atoms with Crippen molar-refractivity contribution < 1.29 is 14.3 Å². The van der Waals surface area contributed by atoms with E-state index in [0.717, 1.165) is 19.5 Å². The minimum Gasteiger partial charge on any atom is -0.382 e. The lowest BCUT2D eigenvalue weighted by Gasteiger charge is -2.38. The van der Waals surface area contributed by atoms with Crippen molar-refractivity contribution in [3.63, 3.8) is 0 Å². The standard InChI is InChI=1S/C14H26N2O3/c1-14(5-3-6-14)11-15-13(17)16-7-4-12(10-16)19-9-8-18-2/h12H,3-11H2,1-2H3,(H,15,17)/t12-/m1/s1. The van der Waals surface area contributed by atoms with Crippen LogP contribution in [0.3, 0.4) is 0 Å². The summed E-state index contributed by atoms with van der Waals surface area (Å²) in [5.74, 6) is 0. The molecule has 1 heterocycles. The van der Waals surface area contributed by atoms with Gasteiger partial charge in [0.25, 0.3) is 0 Å². The minimum absolute atomic E-state index is 0.0611. The molecule has 0 bridgehead atoms. The second-order valence-corrected chi connectivity index (χ2v) is 6.04. The Balaban J connectivity index is 1.63. The van der Waals surface area contributed by atoms with E-state index in [1.54, 1.807) is 7.11 Å². The number of carbonyl (C=O) groups is 1. The molecule has 1 aliphatic carbocycles. The smallest absolute Gasteiger partial charge is 0.317 e. The van der Waals surface area contributed by atoms with Crippen molar-refractivity contribution >= 4 is 6.03 Å². The quantitative estimate of drug-likeness (QED) is 0.746. The van der Waals surface area contributed by atoms with E-state index in [4.69, 9.17) is 9.47 Å². The lowest BCUT2D eigenvalue weighted by molar-refractivity contribution is 0.0235. The van der Waals surface area contributed by atoms with Gasteiger partial charge >= 0.3 is 6.03 Å². The number of nitrogens with zero attached hydrogens (tertiary/aromatic N) is 1. The Labute approximate surface area is 115 Å². The Kier molecular flexibility index (Phi) is 5.05. The molecule has 1 saturated carbocycles. The molecule has 2 amide bonds. The van der Waals surface area contributed by atoms with Gasteiger partial charge in [-0.3, -0.25) is 0 Å². The number of methoxy groups -OCH3 is 1. The Bertz CT molecular complexity index is 305. The Morgan fingerprint density at radius 3 is 2.84 bits per heavy atom. The van der Waals surface area contributed by atoms with Gasteiger partial charge in [-0.2, -0.15) is 0 Å². The highest BCUT2D eigenvalue weighted by atomic mass is 16.5. The van der Waals surface area contributed by atoms with Crippen molar-refractivity contribution in [3.8, 4) is 0 Å². The van der Waals surface area contributed by atoms with Crippen LogP contribution in [-0.4, -0.2) is 57.0 Å². The molecule has 0 aromatic heterocycles. The molecule has 1 N–H and O–H groups in total. The van der Waals surface area contributed by atoms with E-state index in [1.807, 2.05) is 4.90 Å². The van der Waals surface area contributed by atoms with E-state index in [9.17, 15) is 4.79 Å². The van der Waals surface area contributed by atoms with Gasteiger partial charge in [0.2, 0.25) is 0 Å². The van der Waals surface area contributed by atoms with E-state index in [0.29, 0.717) is 25.2 Å². The third-order valence-electron chi connectivity index (χ3n) is 4.30. The fraction of sp³-hybridized carbons (Fsp3) is 0.929. The lowest BCUT2D eigenvalue weighted by Crippen LogP contribution is -2.45. The molecule has 110 valence electrons. The van der Waals surface area contributed by atoms with Crippen LogP contribution in [0.2, 0.25) is 0 Å². The molecule has 0 aromatic rings. The number of rotatable bonds is 6. The molecule has 2 aliphatic rings. The van der Waals surface area contributed by atoms with Crippen molar-refractivity contribution in [2.75, 3.05) is 40.0 Å². The van der Waals surface area contributed by atoms with E-state index >= 15 is 0 Å². The lowest BCUT2D eigenvalue weighted by atomic mass is 9.70. The van der Waals surface area contributed by atoms with Gasteiger partial charge in [-0.1, -0.05) is 13.3 Å². The molecule has 5 nitrogen and oxygen atoms in total. The monoisotopic (exact) mass is 270 g/mol. The van der Waals surface area contributed by atoms with Crippen LogP contribution in [0.15, 0.2) is 0 Å². The van der Waals surface area contributed by atoms with Crippen molar-refractivity contribution in [1.29, 1.82) is 0 Å². The third kappa shape index (κ3) is 4.08. The zero-order valence-corrected chi connectivity index (χ0v) is 12.1. The predicted molar refractivity (Wildman–Crippen MR) is 73.2 cm³/mol. The highest BCUT2D eigenvalue weighted by Crippen LogP contribution is 2.39. The summed E-state index contributed by atoms with van der Waals surface area (Å²) in [5.41, 5.74) is 0.337. The molecule has 0 spiro atoms. The van der Waals surface area contributed by atoms with Crippen molar-refractivity contribution in [3.05, 3.63) is 0 Å². The zero-order chi connectivity index (χ0) is 13.7. The highest BCUT2D eigenvalue weighted by Gasteiger charge is 2.33. The molecular formula is C14H26N2O3. The van der Waals surface area contributed by atoms with Crippen LogP contribution in [0.25, 0.3) is 0 Å². The number of amides is 2. The molecule has 2 rings (SSSR count). The second-order valence-electron chi connectivity index (χ2n) is 6.04. The van der Waals surface area contributed by atoms with Gasteiger partial charge < -0.3 is 19.7 Å². The van der Waals surface area contributed by atoms with Crippen LogP contribution >= 0.6 is 0 Å². The van der Waals surface area contributed by atoms with E-state index < -0.39 is 0 Å². The molecule has 19 heavy (non-hydrogen) atoms. The molecule has 5 heteroatoms. The highest BCUT2D eigenvalue weighted by molar-refractivity contribution is 5.74. The van der Waals surface area contributed by atoms with Gasteiger partial charge in [0.1, 0.15) is 0 Å². The summed E-state index contributed by atoms with van der Waals surface area (Å²) in [6.07, 6.45) is 4.85. The van der Waals surface area contributed by atoms with Gasteiger partial charge in [0.05, 0.1) is 19.3 Å². The Hall–Kier alpha value is -0.810. The van der Waals surface area contributed by atoms with E-state index in [-0.39, 0.29) is 12.1 Å². The fourth-order valence-electron chi connectivity index (χ4n) is 2.70. The molecule has 1 atom stereocenters. The van der Waals surface area contributed by atoms with Gasteiger partial charge in [-0.25, -0.2) is 4.79 Å². The number of ether oxygens (including phenoxy) is 2. The molecule has 1 aliphatic heterocycles. The Morgan fingerprint density at radius 1 is 1.42 bits per heavy atom. The van der Waals surface area contributed by atoms with Crippen LogP contribution in [0, 0.1) is 5.41 Å². The van der Waals surface area contributed by atoms with Crippen molar-refractivity contribution in [2.24, 2.45) is 5.41 Å². The van der Waals surface area contributed by atoms with Crippen LogP contribution in [-0.2, 0) is 9.47 Å². The topological polar surface area (TPSA) is 50.8 Å². The molecule has 1 saturated heterocycles. The average molecular weight is 270 g/mol. The molecular weight excluding hydrogens is 244 g/mol. The average Bonchev–Trinajstić information content (AvgIpc) is 2.83. The first kappa shape index (κ1) is 14.6. The zero-order valence-electron chi connectivity index (χ0n) is 12.1. The first-order valence-corrected chi connectivity index (χ1v) is 7.26. The number of carbonyl (C=O) groups excluding carboxylic acids is 1. The maximum Gasteiger partial charge on any atom is 0.317 e. The first-order chi connectivity index (χ1) is 9.13. The normalized spacial score (nSPS) is 25.2. The minimum atomic E-state index is 0.0611. The summed E-state index contributed by atoms with van der Waals surface area (Å²) < 4.78 is 10.6. The van der Waals surface area contributed by atoms with E-state index in [1.165, 1.54) is 19.3 Å². The fourth-order valence-corrected chi connectivity index (χ4v) is 2.70. The molecule has 0 unspecified atom stereocenters. The van der Waals surface area contributed by atoms with Crippen molar-refractivity contribution in [1.82, 2.24) is 10.2 Å². The largest absolute Gasteiger partial charge is 0.382 e. The van der Waals surface area contributed by atoms with Gasteiger partial charge in [0.15, 0.2) is 0 Å². The van der Waals surface area contributed by atoms with Gasteiger partial charge in [-0.05, 0) is 24.7 Å². The van der Waals surface area contributed by atoms with Crippen LogP contribution in [0.1, 0.15) is 32.6 Å².